The molecule has 2 heterocycles. The Morgan fingerprint density at radius 1 is 1.00 bits per heavy atom. The SMILES string of the molecule is Cc1ccc(COCc2cccc(F)c2)c(N2C(=O)CSC2=NC(=O)Nc2ccc(-c3ncn(-c4ccc(OC(F)(F)F)cc4)n3)cc2F)c1. The first-order chi connectivity index (χ1) is 23.9. The average molecular weight is 709 g/mol. The third kappa shape index (κ3) is 8.33. The molecule has 0 atom stereocenters. The molecule has 0 bridgehead atoms. The van der Waals surface area contributed by atoms with Crippen molar-refractivity contribution >= 4 is 40.2 Å². The highest BCUT2D eigenvalue weighted by atomic mass is 32.2. The summed E-state index contributed by atoms with van der Waals surface area (Å²) >= 11 is 1.05. The lowest BCUT2D eigenvalue weighted by atomic mass is 10.1. The van der Waals surface area contributed by atoms with Gasteiger partial charge in [0.05, 0.1) is 36.0 Å². The van der Waals surface area contributed by atoms with Crippen LogP contribution in [0.2, 0.25) is 0 Å². The van der Waals surface area contributed by atoms with Gasteiger partial charge in [0.15, 0.2) is 11.0 Å². The van der Waals surface area contributed by atoms with Crippen molar-refractivity contribution in [3.05, 3.63) is 120 Å². The fraction of sp³-hybridized carbons (Fsp3) is 0.147. The number of carbonyl (C=O) groups is 2. The molecule has 0 unspecified atom stereocenters. The summed E-state index contributed by atoms with van der Waals surface area (Å²) in [7, 11) is 0. The number of halogens is 5. The molecule has 3 amide bonds. The molecule has 256 valence electrons. The molecule has 1 aliphatic heterocycles. The number of nitrogens with zero attached hydrogens (tertiary/aromatic N) is 5. The van der Waals surface area contributed by atoms with Crippen LogP contribution in [0.4, 0.5) is 38.1 Å². The smallest absolute Gasteiger partial charge is 0.406 e. The van der Waals surface area contributed by atoms with Crippen LogP contribution in [0, 0.1) is 18.6 Å². The molecule has 1 N–H and O–H groups in total. The Labute approximate surface area is 285 Å². The number of urea groups is 1. The summed E-state index contributed by atoms with van der Waals surface area (Å²) in [4.78, 5) is 35.5. The molecular formula is C34H25F5N6O4S. The Hall–Kier alpha value is -5.61. The first-order valence-electron chi connectivity index (χ1n) is 14.8. The first-order valence-corrected chi connectivity index (χ1v) is 15.8. The minimum Gasteiger partial charge on any atom is -0.406 e. The van der Waals surface area contributed by atoms with Crippen molar-refractivity contribution in [1.82, 2.24) is 14.8 Å². The molecule has 5 aromatic rings. The van der Waals surface area contributed by atoms with Gasteiger partial charge < -0.3 is 14.8 Å². The molecule has 50 heavy (non-hydrogen) atoms. The molecule has 0 spiro atoms. The van der Waals surface area contributed by atoms with Crippen LogP contribution < -0.4 is 15.0 Å². The Bertz CT molecular complexity index is 2090. The van der Waals surface area contributed by atoms with Crippen LogP contribution in [0.3, 0.4) is 0 Å². The maximum Gasteiger partial charge on any atom is 0.573 e. The van der Waals surface area contributed by atoms with Gasteiger partial charge in [-0.1, -0.05) is 36.0 Å². The van der Waals surface area contributed by atoms with E-state index >= 15 is 4.39 Å². The predicted octanol–water partition coefficient (Wildman–Crippen LogP) is 7.80. The molecule has 0 radical (unpaired) electrons. The minimum atomic E-state index is -4.82. The van der Waals surface area contributed by atoms with E-state index in [9.17, 15) is 27.2 Å². The number of hydrogen-bond acceptors (Lipinski definition) is 7. The molecule has 10 nitrogen and oxygen atoms in total. The van der Waals surface area contributed by atoms with Gasteiger partial charge in [0, 0.05) is 11.1 Å². The molecule has 0 aliphatic carbocycles. The van der Waals surface area contributed by atoms with Crippen LogP contribution in [-0.4, -0.2) is 44.0 Å². The predicted molar refractivity (Wildman–Crippen MR) is 176 cm³/mol. The topological polar surface area (TPSA) is 111 Å². The van der Waals surface area contributed by atoms with Crippen molar-refractivity contribution in [2.75, 3.05) is 16.0 Å². The maximum absolute atomic E-state index is 15.1. The monoisotopic (exact) mass is 708 g/mol. The zero-order chi connectivity index (χ0) is 35.4. The molecule has 6 rings (SSSR count). The Balaban J connectivity index is 1.14. The summed E-state index contributed by atoms with van der Waals surface area (Å²) in [6.07, 6.45) is -3.52. The fourth-order valence-corrected chi connectivity index (χ4v) is 5.76. The molecule has 1 saturated heterocycles. The van der Waals surface area contributed by atoms with Gasteiger partial charge in [0.2, 0.25) is 5.91 Å². The number of amides is 3. The number of aliphatic imine (C=N–C) groups is 1. The van der Waals surface area contributed by atoms with E-state index < -0.39 is 24.0 Å². The number of rotatable bonds is 9. The van der Waals surface area contributed by atoms with Crippen molar-refractivity contribution in [2.45, 2.75) is 26.5 Å². The van der Waals surface area contributed by atoms with Crippen molar-refractivity contribution in [2.24, 2.45) is 4.99 Å². The molecule has 4 aromatic carbocycles. The van der Waals surface area contributed by atoms with Crippen LogP contribution in [-0.2, 0) is 22.7 Å². The van der Waals surface area contributed by atoms with E-state index in [2.05, 4.69) is 25.1 Å². The molecule has 1 aromatic heterocycles. The summed E-state index contributed by atoms with van der Waals surface area (Å²) in [6, 6.07) is 19.3. The van der Waals surface area contributed by atoms with E-state index in [1.165, 1.54) is 52.3 Å². The van der Waals surface area contributed by atoms with E-state index in [-0.39, 0.29) is 52.9 Å². The largest absolute Gasteiger partial charge is 0.573 e. The van der Waals surface area contributed by atoms with Crippen LogP contribution in [0.15, 0.2) is 96.2 Å². The van der Waals surface area contributed by atoms with Gasteiger partial charge in [-0.15, -0.1) is 18.3 Å². The second kappa shape index (κ2) is 14.5. The fourth-order valence-electron chi connectivity index (χ4n) is 4.90. The van der Waals surface area contributed by atoms with E-state index in [4.69, 9.17) is 4.74 Å². The Morgan fingerprint density at radius 3 is 2.54 bits per heavy atom. The number of amidine groups is 1. The van der Waals surface area contributed by atoms with E-state index in [0.717, 1.165) is 35.5 Å². The number of ether oxygens (including phenoxy) is 2. The molecule has 1 aliphatic rings. The lowest BCUT2D eigenvalue weighted by molar-refractivity contribution is -0.274. The lowest BCUT2D eigenvalue weighted by Gasteiger charge is -2.20. The van der Waals surface area contributed by atoms with E-state index in [1.54, 1.807) is 24.3 Å². The van der Waals surface area contributed by atoms with Crippen LogP contribution in [0.5, 0.6) is 5.75 Å². The summed E-state index contributed by atoms with van der Waals surface area (Å²) in [6.45, 7) is 2.07. The lowest BCUT2D eigenvalue weighted by Crippen LogP contribution is -2.31. The summed E-state index contributed by atoms with van der Waals surface area (Å²) in [5.74, 6) is -1.77. The highest BCUT2D eigenvalue weighted by Gasteiger charge is 2.33. The van der Waals surface area contributed by atoms with Crippen LogP contribution >= 0.6 is 11.8 Å². The molecule has 16 heteroatoms. The van der Waals surface area contributed by atoms with Gasteiger partial charge in [0.25, 0.3) is 0 Å². The van der Waals surface area contributed by atoms with Gasteiger partial charge in [-0.25, -0.2) is 23.2 Å². The quantitative estimate of drug-likeness (QED) is 0.156. The summed E-state index contributed by atoms with van der Waals surface area (Å²) < 4.78 is 77.0. The van der Waals surface area contributed by atoms with Crippen molar-refractivity contribution in [3.63, 3.8) is 0 Å². The van der Waals surface area contributed by atoms with E-state index in [0.29, 0.717) is 22.5 Å². The maximum atomic E-state index is 15.1. The van der Waals surface area contributed by atoms with Crippen molar-refractivity contribution in [3.8, 4) is 22.8 Å². The number of thioether (sulfide) groups is 1. The van der Waals surface area contributed by atoms with Crippen LogP contribution in [0.25, 0.3) is 17.1 Å². The standard InChI is InChI=1S/C34H25F5N6O4S/c1-20-5-6-23(17-48-16-21-3-2-4-24(35)14-21)29(13-20)45-30(46)18-50-33(45)42-32(47)41-28-12-7-22(15-27(28)36)31-40-19-44(43-31)25-8-10-26(11-9-25)49-34(37,38)39/h2-15,19H,16-18H2,1H3,(H,41,47). The minimum absolute atomic E-state index is 0.0256. The molecular weight excluding hydrogens is 683 g/mol. The third-order valence-electron chi connectivity index (χ3n) is 7.16. The number of benzene rings is 4. The van der Waals surface area contributed by atoms with Gasteiger partial charge >= 0.3 is 12.4 Å². The molecule has 0 saturated carbocycles. The average Bonchev–Trinajstić information content (AvgIpc) is 3.69. The van der Waals surface area contributed by atoms with Gasteiger partial charge in [0.1, 0.15) is 23.7 Å². The van der Waals surface area contributed by atoms with Crippen molar-refractivity contribution in [1.29, 1.82) is 0 Å². The number of anilines is 2. The zero-order valence-corrected chi connectivity index (χ0v) is 26.8. The molecule has 1 fully saturated rings. The second-order valence-corrected chi connectivity index (χ2v) is 11.8. The number of nitrogens with one attached hydrogen (secondary N) is 1. The Kier molecular flexibility index (Phi) is 9.92. The van der Waals surface area contributed by atoms with Gasteiger partial charge in [-0.3, -0.25) is 9.69 Å². The Morgan fingerprint density at radius 2 is 1.80 bits per heavy atom. The van der Waals surface area contributed by atoms with Gasteiger partial charge in [-0.2, -0.15) is 4.99 Å². The highest BCUT2D eigenvalue weighted by molar-refractivity contribution is 8.15. The zero-order valence-electron chi connectivity index (χ0n) is 25.9. The van der Waals surface area contributed by atoms with E-state index in [1.807, 2.05) is 13.0 Å². The number of aromatic nitrogens is 3. The van der Waals surface area contributed by atoms with Crippen LogP contribution in [0.1, 0.15) is 16.7 Å². The summed E-state index contributed by atoms with van der Waals surface area (Å²) in [5, 5.41) is 6.74. The van der Waals surface area contributed by atoms with Crippen molar-refractivity contribution < 1.29 is 41.0 Å². The highest BCUT2D eigenvalue weighted by Crippen LogP contribution is 2.32. The number of alkyl halides is 3. The van der Waals surface area contributed by atoms with Gasteiger partial charge in [-0.05, 0) is 78.7 Å². The normalized spacial score (nSPS) is 14.0. The number of aryl methyl sites for hydroxylation is 1. The number of carbonyl (C=O) groups excluding carboxylic acids is 2. The first kappa shape index (κ1) is 34.3. The summed E-state index contributed by atoms with van der Waals surface area (Å²) in [5.41, 5.74) is 3.05. The number of hydrogen-bond donors (Lipinski definition) is 1. The third-order valence-corrected chi connectivity index (χ3v) is 8.08. The second-order valence-electron chi connectivity index (χ2n) is 10.8.